The zero-order valence-electron chi connectivity index (χ0n) is 11.2. The number of nitrogens with zero attached hydrogens (tertiary/aromatic N) is 1. The van der Waals surface area contributed by atoms with Crippen molar-refractivity contribution in [3.8, 4) is 0 Å². The summed E-state index contributed by atoms with van der Waals surface area (Å²) in [5.74, 6) is 0.128. The largest absolute Gasteiger partial charge is 0.338 e. The Morgan fingerprint density at radius 3 is 3.10 bits per heavy atom. The third-order valence-corrected chi connectivity index (χ3v) is 4.74. The molecule has 0 aromatic heterocycles. The number of nitrogens with one attached hydrogen (secondary N) is 1. The van der Waals surface area contributed by atoms with Gasteiger partial charge in [0.25, 0.3) is 0 Å². The molecule has 20 heavy (non-hydrogen) atoms. The van der Waals surface area contributed by atoms with E-state index >= 15 is 0 Å². The molecule has 2 atom stereocenters. The van der Waals surface area contributed by atoms with Crippen LogP contribution in [0.4, 0.5) is 4.39 Å². The van der Waals surface area contributed by atoms with Crippen molar-refractivity contribution in [2.45, 2.75) is 25.3 Å². The molecule has 0 bridgehead atoms. The van der Waals surface area contributed by atoms with Gasteiger partial charge in [0.2, 0.25) is 5.91 Å². The topological polar surface area (TPSA) is 32.3 Å². The maximum atomic E-state index is 13.8. The second-order valence-electron chi connectivity index (χ2n) is 5.59. The number of piperidine rings is 1. The van der Waals surface area contributed by atoms with Crippen molar-refractivity contribution >= 4 is 17.5 Å². The summed E-state index contributed by atoms with van der Waals surface area (Å²) in [4.78, 5) is 14.4. The predicted octanol–water partition coefficient (Wildman–Crippen LogP) is 2.23. The summed E-state index contributed by atoms with van der Waals surface area (Å²) in [7, 11) is 0. The summed E-state index contributed by atoms with van der Waals surface area (Å²) in [5, 5.41) is 3.67. The summed E-state index contributed by atoms with van der Waals surface area (Å²) in [6, 6.07) is 4.80. The van der Waals surface area contributed by atoms with Gasteiger partial charge in [-0.2, -0.15) is 0 Å². The van der Waals surface area contributed by atoms with E-state index in [1.807, 2.05) is 4.90 Å². The summed E-state index contributed by atoms with van der Waals surface area (Å²) in [5.41, 5.74) is 0.312. The summed E-state index contributed by atoms with van der Waals surface area (Å²) in [6.07, 6.45) is 2.25. The highest BCUT2D eigenvalue weighted by atomic mass is 35.5. The van der Waals surface area contributed by atoms with E-state index in [0.717, 1.165) is 26.1 Å². The van der Waals surface area contributed by atoms with Gasteiger partial charge in [-0.15, -0.1) is 0 Å². The van der Waals surface area contributed by atoms with Gasteiger partial charge >= 0.3 is 0 Å². The van der Waals surface area contributed by atoms with E-state index in [-0.39, 0.29) is 18.4 Å². The standard InChI is InChI=1S/C15H18ClFN2O/c16-12-4-1-5-13(17)11(12)7-15(20)19-6-2-3-10-8-18-9-14(10)19/h1,4-5,10,14,18H,2-3,6-9H2. The minimum Gasteiger partial charge on any atom is -0.338 e. The first kappa shape index (κ1) is 13.8. The number of hydrogen-bond donors (Lipinski definition) is 1. The van der Waals surface area contributed by atoms with Crippen LogP contribution < -0.4 is 5.32 Å². The Morgan fingerprint density at radius 2 is 2.30 bits per heavy atom. The van der Waals surface area contributed by atoms with E-state index in [0.29, 0.717) is 16.5 Å². The smallest absolute Gasteiger partial charge is 0.227 e. The summed E-state index contributed by atoms with van der Waals surface area (Å²) < 4.78 is 13.8. The third-order valence-electron chi connectivity index (χ3n) is 4.39. The first-order valence-electron chi connectivity index (χ1n) is 7.10. The van der Waals surface area contributed by atoms with Crippen LogP contribution in [0.2, 0.25) is 5.02 Å². The molecule has 3 rings (SSSR count). The second kappa shape index (κ2) is 5.70. The number of benzene rings is 1. The fraction of sp³-hybridized carbons (Fsp3) is 0.533. The van der Waals surface area contributed by atoms with Gasteiger partial charge in [0.05, 0.1) is 6.42 Å². The van der Waals surface area contributed by atoms with E-state index in [4.69, 9.17) is 11.6 Å². The van der Waals surface area contributed by atoms with Crippen LogP contribution in [0.3, 0.4) is 0 Å². The quantitative estimate of drug-likeness (QED) is 0.908. The SMILES string of the molecule is O=C(Cc1c(F)cccc1Cl)N1CCCC2CNCC21. The second-order valence-corrected chi connectivity index (χ2v) is 6.00. The Bertz CT molecular complexity index is 502. The molecule has 0 radical (unpaired) electrons. The molecule has 1 N–H and O–H groups in total. The minimum absolute atomic E-state index is 0.0181. The molecular weight excluding hydrogens is 279 g/mol. The van der Waals surface area contributed by atoms with Crippen LogP contribution in [-0.4, -0.2) is 36.5 Å². The Kier molecular flexibility index (Phi) is 3.94. The highest BCUT2D eigenvalue weighted by molar-refractivity contribution is 6.31. The van der Waals surface area contributed by atoms with Crippen molar-refractivity contribution in [1.82, 2.24) is 10.2 Å². The number of carbonyl (C=O) groups is 1. The monoisotopic (exact) mass is 296 g/mol. The van der Waals surface area contributed by atoms with Crippen LogP contribution >= 0.6 is 11.6 Å². The van der Waals surface area contributed by atoms with Crippen LogP contribution in [0.15, 0.2) is 18.2 Å². The van der Waals surface area contributed by atoms with E-state index in [9.17, 15) is 9.18 Å². The van der Waals surface area contributed by atoms with Gasteiger partial charge in [0, 0.05) is 36.3 Å². The molecule has 2 aliphatic heterocycles. The van der Waals surface area contributed by atoms with Crippen molar-refractivity contribution in [1.29, 1.82) is 0 Å². The highest BCUT2D eigenvalue weighted by Gasteiger charge is 2.37. The van der Waals surface area contributed by atoms with Crippen LogP contribution in [0.1, 0.15) is 18.4 Å². The molecule has 0 saturated carbocycles. The van der Waals surface area contributed by atoms with Crippen molar-refractivity contribution in [3.63, 3.8) is 0 Å². The summed E-state index contributed by atoms with van der Waals surface area (Å²) >= 11 is 6.00. The number of rotatable bonds is 2. The van der Waals surface area contributed by atoms with Gasteiger partial charge in [-0.25, -0.2) is 4.39 Å². The molecule has 0 aliphatic carbocycles. The van der Waals surface area contributed by atoms with Gasteiger partial charge < -0.3 is 10.2 Å². The third kappa shape index (κ3) is 2.54. The van der Waals surface area contributed by atoms with Gasteiger partial charge in [0.15, 0.2) is 0 Å². The molecular formula is C15H18ClFN2O. The Balaban J connectivity index is 1.76. The van der Waals surface area contributed by atoms with Crippen molar-refractivity contribution < 1.29 is 9.18 Å². The number of hydrogen-bond acceptors (Lipinski definition) is 2. The molecule has 2 heterocycles. The lowest BCUT2D eigenvalue weighted by Crippen LogP contribution is -2.49. The van der Waals surface area contributed by atoms with Crippen LogP contribution in [0.25, 0.3) is 0 Å². The fourth-order valence-electron chi connectivity index (χ4n) is 3.33. The number of fused-ring (bicyclic) bond motifs is 1. The normalized spacial score (nSPS) is 25.6. The Labute approximate surface area is 123 Å². The first-order chi connectivity index (χ1) is 9.66. The molecule has 1 amide bonds. The number of halogens is 2. The molecule has 1 aromatic carbocycles. The highest BCUT2D eigenvalue weighted by Crippen LogP contribution is 2.28. The average molecular weight is 297 g/mol. The molecule has 2 saturated heterocycles. The number of amides is 1. The Morgan fingerprint density at radius 1 is 1.45 bits per heavy atom. The number of likely N-dealkylation sites (tertiary alicyclic amines) is 1. The molecule has 0 spiro atoms. The lowest BCUT2D eigenvalue weighted by atomic mass is 9.91. The zero-order valence-corrected chi connectivity index (χ0v) is 12.0. The molecule has 5 heteroatoms. The van der Waals surface area contributed by atoms with E-state index in [2.05, 4.69) is 5.32 Å². The molecule has 2 fully saturated rings. The number of carbonyl (C=O) groups excluding carboxylic acids is 1. The van der Waals surface area contributed by atoms with Gasteiger partial charge in [-0.1, -0.05) is 17.7 Å². The zero-order chi connectivity index (χ0) is 14.1. The van der Waals surface area contributed by atoms with Crippen molar-refractivity contribution in [2.75, 3.05) is 19.6 Å². The molecule has 2 unspecified atom stereocenters. The predicted molar refractivity (Wildman–Crippen MR) is 76.2 cm³/mol. The van der Waals surface area contributed by atoms with E-state index < -0.39 is 5.82 Å². The maximum absolute atomic E-state index is 13.8. The van der Waals surface area contributed by atoms with E-state index in [1.54, 1.807) is 12.1 Å². The lowest BCUT2D eigenvalue weighted by molar-refractivity contribution is -0.134. The molecule has 1 aromatic rings. The summed E-state index contributed by atoms with van der Waals surface area (Å²) in [6.45, 7) is 2.60. The average Bonchev–Trinajstić information content (AvgIpc) is 2.91. The minimum atomic E-state index is -0.399. The van der Waals surface area contributed by atoms with Crippen LogP contribution in [0, 0.1) is 11.7 Å². The molecule has 2 aliphatic rings. The van der Waals surface area contributed by atoms with Gasteiger partial charge in [-0.3, -0.25) is 4.79 Å². The van der Waals surface area contributed by atoms with Crippen LogP contribution in [-0.2, 0) is 11.2 Å². The lowest BCUT2D eigenvalue weighted by Gasteiger charge is -2.37. The maximum Gasteiger partial charge on any atom is 0.227 e. The molecule has 108 valence electrons. The molecule has 3 nitrogen and oxygen atoms in total. The van der Waals surface area contributed by atoms with Gasteiger partial charge in [-0.05, 0) is 30.9 Å². The van der Waals surface area contributed by atoms with Crippen molar-refractivity contribution in [2.24, 2.45) is 5.92 Å². The fourth-order valence-corrected chi connectivity index (χ4v) is 3.56. The van der Waals surface area contributed by atoms with Gasteiger partial charge in [0.1, 0.15) is 5.82 Å². The van der Waals surface area contributed by atoms with Crippen LogP contribution in [0.5, 0.6) is 0 Å². The van der Waals surface area contributed by atoms with E-state index in [1.165, 1.54) is 12.5 Å². The Hall–Kier alpha value is -1.13. The van der Waals surface area contributed by atoms with Crippen molar-refractivity contribution in [3.05, 3.63) is 34.6 Å². The first-order valence-corrected chi connectivity index (χ1v) is 7.47.